The lowest BCUT2D eigenvalue weighted by atomic mass is 10.0. The summed E-state index contributed by atoms with van der Waals surface area (Å²) >= 11 is 7.87. The van der Waals surface area contributed by atoms with Crippen molar-refractivity contribution in [1.29, 1.82) is 0 Å². The van der Waals surface area contributed by atoms with Crippen LogP contribution in [0.4, 0.5) is 5.82 Å². The molecule has 2 heterocycles. The summed E-state index contributed by atoms with van der Waals surface area (Å²) in [5.74, 6) is 0.668. The second-order valence-corrected chi connectivity index (χ2v) is 6.01. The third-order valence-corrected chi connectivity index (χ3v) is 4.41. The van der Waals surface area contributed by atoms with Crippen LogP contribution < -0.4 is 5.32 Å². The smallest absolute Gasteiger partial charge is 0.148 e. The Morgan fingerprint density at radius 3 is 2.71 bits per heavy atom. The molecule has 0 aliphatic heterocycles. The van der Waals surface area contributed by atoms with Gasteiger partial charge in [0, 0.05) is 4.88 Å². The molecule has 3 rings (SSSR count). The SMILES string of the molecule is Clc1cncnc1NC(Cc1ccccc1)c1cccs1. The van der Waals surface area contributed by atoms with E-state index in [2.05, 4.69) is 57.1 Å². The van der Waals surface area contributed by atoms with Gasteiger partial charge in [0.15, 0.2) is 0 Å². The van der Waals surface area contributed by atoms with Crippen LogP contribution in [-0.2, 0) is 6.42 Å². The standard InChI is InChI=1S/C16H14ClN3S/c17-13-10-18-11-19-16(13)20-14(15-7-4-8-21-15)9-12-5-2-1-3-6-12/h1-8,10-11,14H,9H2,(H,18,19,20). The summed E-state index contributed by atoms with van der Waals surface area (Å²) in [6.45, 7) is 0. The van der Waals surface area contributed by atoms with Crippen LogP contribution in [0.15, 0.2) is 60.4 Å². The molecule has 0 saturated heterocycles. The number of aromatic nitrogens is 2. The molecule has 0 saturated carbocycles. The zero-order valence-electron chi connectivity index (χ0n) is 11.2. The maximum Gasteiger partial charge on any atom is 0.148 e. The van der Waals surface area contributed by atoms with Crippen LogP contribution in [0.5, 0.6) is 0 Å². The molecule has 106 valence electrons. The van der Waals surface area contributed by atoms with Gasteiger partial charge in [0.25, 0.3) is 0 Å². The van der Waals surface area contributed by atoms with Crippen LogP contribution in [0.25, 0.3) is 0 Å². The minimum Gasteiger partial charge on any atom is -0.361 e. The molecule has 0 amide bonds. The fourth-order valence-electron chi connectivity index (χ4n) is 2.15. The van der Waals surface area contributed by atoms with E-state index in [1.807, 2.05) is 6.07 Å². The van der Waals surface area contributed by atoms with E-state index in [1.54, 1.807) is 17.5 Å². The minimum absolute atomic E-state index is 0.139. The van der Waals surface area contributed by atoms with Gasteiger partial charge in [-0.1, -0.05) is 48.0 Å². The van der Waals surface area contributed by atoms with Crippen LogP contribution in [0.1, 0.15) is 16.5 Å². The largest absolute Gasteiger partial charge is 0.361 e. The molecule has 1 N–H and O–H groups in total. The summed E-state index contributed by atoms with van der Waals surface area (Å²) < 4.78 is 0. The number of rotatable bonds is 5. The Balaban J connectivity index is 1.85. The molecule has 3 nitrogen and oxygen atoms in total. The van der Waals surface area contributed by atoms with Gasteiger partial charge in [-0.2, -0.15) is 0 Å². The topological polar surface area (TPSA) is 37.8 Å². The second kappa shape index (κ2) is 6.70. The van der Waals surface area contributed by atoms with Crippen LogP contribution in [0.2, 0.25) is 5.02 Å². The molecule has 0 aliphatic rings. The molecule has 21 heavy (non-hydrogen) atoms. The van der Waals surface area contributed by atoms with E-state index in [9.17, 15) is 0 Å². The van der Waals surface area contributed by atoms with Crippen molar-refractivity contribution >= 4 is 28.8 Å². The van der Waals surface area contributed by atoms with E-state index >= 15 is 0 Å². The van der Waals surface area contributed by atoms with Crippen molar-refractivity contribution in [3.63, 3.8) is 0 Å². The Morgan fingerprint density at radius 1 is 1.14 bits per heavy atom. The summed E-state index contributed by atoms with van der Waals surface area (Å²) in [5, 5.41) is 6.04. The van der Waals surface area contributed by atoms with Gasteiger partial charge in [0.2, 0.25) is 0 Å². The van der Waals surface area contributed by atoms with Crippen LogP contribution in [-0.4, -0.2) is 9.97 Å². The molecule has 0 aliphatic carbocycles. The van der Waals surface area contributed by atoms with Gasteiger partial charge in [0.1, 0.15) is 17.2 Å². The van der Waals surface area contributed by atoms with Crippen molar-refractivity contribution in [3.8, 4) is 0 Å². The normalized spacial score (nSPS) is 12.0. The lowest BCUT2D eigenvalue weighted by Gasteiger charge is -2.18. The van der Waals surface area contributed by atoms with Gasteiger partial charge in [-0.25, -0.2) is 9.97 Å². The van der Waals surface area contributed by atoms with E-state index in [-0.39, 0.29) is 6.04 Å². The number of anilines is 1. The first-order valence-electron chi connectivity index (χ1n) is 6.62. The maximum absolute atomic E-state index is 6.15. The lowest BCUT2D eigenvalue weighted by Crippen LogP contribution is -2.13. The highest BCUT2D eigenvalue weighted by molar-refractivity contribution is 7.10. The fraction of sp³-hybridized carbons (Fsp3) is 0.125. The molecule has 0 fully saturated rings. The number of benzene rings is 1. The maximum atomic E-state index is 6.15. The summed E-state index contributed by atoms with van der Waals surface area (Å²) in [6, 6.07) is 14.7. The predicted octanol–water partition coefficient (Wildman–Crippen LogP) is 4.59. The number of hydrogen-bond donors (Lipinski definition) is 1. The molecule has 0 bridgehead atoms. The Bertz CT molecular complexity index is 686. The van der Waals surface area contributed by atoms with E-state index < -0.39 is 0 Å². The molecule has 1 unspecified atom stereocenters. The average Bonchev–Trinajstić information content (AvgIpc) is 3.04. The summed E-state index contributed by atoms with van der Waals surface area (Å²) in [5.41, 5.74) is 1.27. The predicted molar refractivity (Wildman–Crippen MR) is 87.9 cm³/mol. The average molecular weight is 316 g/mol. The Kier molecular flexibility index (Phi) is 4.48. The van der Waals surface area contributed by atoms with Gasteiger partial charge in [-0.15, -0.1) is 11.3 Å². The number of nitrogens with one attached hydrogen (secondary N) is 1. The van der Waals surface area contributed by atoms with Gasteiger partial charge in [-0.05, 0) is 23.4 Å². The molecule has 3 aromatic rings. The van der Waals surface area contributed by atoms with Crippen LogP contribution in [0, 0.1) is 0 Å². The summed E-state index contributed by atoms with van der Waals surface area (Å²) in [6.07, 6.45) is 3.98. The van der Waals surface area contributed by atoms with E-state index in [1.165, 1.54) is 16.8 Å². The molecule has 5 heteroatoms. The summed E-state index contributed by atoms with van der Waals surface area (Å²) in [4.78, 5) is 9.40. The highest BCUT2D eigenvalue weighted by Crippen LogP contribution is 2.28. The van der Waals surface area contributed by atoms with Gasteiger partial charge in [0.05, 0.1) is 12.2 Å². The Morgan fingerprint density at radius 2 is 2.00 bits per heavy atom. The Labute approximate surface area is 132 Å². The molecular formula is C16H14ClN3S. The molecule has 2 aromatic heterocycles. The second-order valence-electron chi connectivity index (χ2n) is 4.62. The Hall–Kier alpha value is -1.91. The fourth-order valence-corrected chi connectivity index (χ4v) is 3.08. The third kappa shape index (κ3) is 3.60. The first-order chi connectivity index (χ1) is 10.3. The van der Waals surface area contributed by atoms with E-state index in [0.29, 0.717) is 10.8 Å². The van der Waals surface area contributed by atoms with Crippen molar-refractivity contribution in [1.82, 2.24) is 9.97 Å². The molecule has 0 radical (unpaired) electrons. The van der Waals surface area contributed by atoms with Crippen molar-refractivity contribution in [3.05, 3.63) is 75.8 Å². The van der Waals surface area contributed by atoms with Crippen molar-refractivity contribution in [2.45, 2.75) is 12.5 Å². The van der Waals surface area contributed by atoms with Gasteiger partial charge in [-0.3, -0.25) is 0 Å². The van der Waals surface area contributed by atoms with Crippen molar-refractivity contribution in [2.75, 3.05) is 5.32 Å². The highest BCUT2D eigenvalue weighted by atomic mass is 35.5. The van der Waals surface area contributed by atoms with Crippen molar-refractivity contribution < 1.29 is 0 Å². The molecular weight excluding hydrogens is 302 g/mol. The number of nitrogens with zero attached hydrogens (tertiary/aromatic N) is 2. The van der Waals surface area contributed by atoms with Gasteiger partial charge >= 0.3 is 0 Å². The molecule has 1 aromatic carbocycles. The third-order valence-electron chi connectivity index (χ3n) is 3.15. The highest BCUT2D eigenvalue weighted by Gasteiger charge is 2.15. The van der Waals surface area contributed by atoms with Crippen LogP contribution >= 0.6 is 22.9 Å². The minimum atomic E-state index is 0.139. The zero-order valence-corrected chi connectivity index (χ0v) is 12.8. The quantitative estimate of drug-likeness (QED) is 0.748. The first kappa shape index (κ1) is 14.0. The number of halogens is 1. The van der Waals surface area contributed by atoms with E-state index in [4.69, 9.17) is 11.6 Å². The lowest BCUT2D eigenvalue weighted by molar-refractivity contribution is 0.784. The zero-order chi connectivity index (χ0) is 14.5. The monoisotopic (exact) mass is 315 g/mol. The van der Waals surface area contributed by atoms with Gasteiger partial charge < -0.3 is 5.32 Å². The van der Waals surface area contributed by atoms with Crippen molar-refractivity contribution in [2.24, 2.45) is 0 Å². The van der Waals surface area contributed by atoms with Crippen LogP contribution in [0.3, 0.4) is 0 Å². The summed E-state index contributed by atoms with van der Waals surface area (Å²) in [7, 11) is 0. The van der Waals surface area contributed by atoms with E-state index in [0.717, 1.165) is 6.42 Å². The molecule has 1 atom stereocenters. The number of hydrogen-bond acceptors (Lipinski definition) is 4. The first-order valence-corrected chi connectivity index (χ1v) is 7.88. The molecule has 0 spiro atoms. The number of thiophene rings is 1.